The van der Waals surface area contributed by atoms with Crippen molar-refractivity contribution in [3.8, 4) is 22.5 Å². The zero-order chi connectivity index (χ0) is 25.6. The lowest BCUT2D eigenvalue weighted by atomic mass is 10.1. The number of ether oxygens (including phenoxy) is 1. The van der Waals surface area contributed by atoms with Crippen molar-refractivity contribution >= 4 is 28.5 Å². The van der Waals surface area contributed by atoms with Gasteiger partial charge >= 0.3 is 6.09 Å². The van der Waals surface area contributed by atoms with Gasteiger partial charge in [-0.25, -0.2) is 23.7 Å². The number of aromatic nitrogens is 6. The van der Waals surface area contributed by atoms with Crippen LogP contribution >= 0.6 is 0 Å². The van der Waals surface area contributed by atoms with Crippen molar-refractivity contribution in [2.24, 2.45) is 14.1 Å². The highest BCUT2D eigenvalue weighted by molar-refractivity contribution is 5.96. The molecule has 0 bridgehead atoms. The Balaban J connectivity index is 1.53. The number of fused-ring (bicyclic) bond motifs is 1. The largest absolute Gasteiger partial charge is 0.446 e. The van der Waals surface area contributed by atoms with E-state index in [1.807, 2.05) is 43.9 Å². The highest BCUT2D eigenvalue weighted by Crippen LogP contribution is 2.31. The molecule has 0 unspecified atom stereocenters. The number of pyridine rings is 1. The van der Waals surface area contributed by atoms with Crippen LogP contribution in [-0.4, -0.2) is 41.1 Å². The Bertz CT molecular complexity index is 1600. The number of aryl methyl sites for hydroxylation is 2. The fourth-order valence-corrected chi connectivity index (χ4v) is 4.07. The number of nitrogens with zero attached hydrogens (tertiary/aromatic N) is 6. The first-order valence-corrected chi connectivity index (χ1v) is 11.5. The molecule has 0 spiro atoms. The Kier molecular flexibility index (Phi) is 5.79. The number of hydrogen-bond acceptors (Lipinski definition) is 6. The van der Waals surface area contributed by atoms with Crippen LogP contribution in [0.5, 0.6) is 0 Å². The quantitative estimate of drug-likeness (QED) is 0.356. The minimum absolute atomic E-state index is 0.264. The van der Waals surface area contributed by atoms with E-state index in [9.17, 15) is 4.79 Å². The maximum Gasteiger partial charge on any atom is 0.419 e. The van der Waals surface area contributed by atoms with Crippen LogP contribution in [0.25, 0.3) is 33.4 Å². The van der Waals surface area contributed by atoms with Crippen LogP contribution < -0.4 is 5.32 Å². The van der Waals surface area contributed by atoms with Crippen molar-refractivity contribution in [1.29, 1.82) is 0 Å². The first kappa shape index (κ1) is 23.3. The molecule has 0 saturated heterocycles. The third-order valence-electron chi connectivity index (χ3n) is 5.95. The molecule has 0 fully saturated rings. The summed E-state index contributed by atoms with van der Waals surface area (Å²) >= 11 is 0. The summed E-state index contributed by atoms with van der Waals surface area (Å²) in [7, 11) is 3.70. The first-order chi connectivity index (χ1) is 17.2. The van der Waals surface area contributed by atoms with Crippen molar-refractivity contribution in [2.75, 3.05) is 5.32 Å². The van der Waals surface area contributed by atoms with Gasteiger partial charge in [0.1, 0.15) is 17.5 Å². The van der Waals surface area contributed by atoms with E-state index in [0.29, 0.717) is 17.0 Å². The van der Waals surface area contributed by atoms with Crippen molar-refractivity contribution in [3.05, 3.63) is 66.8 Å². The van der Waals surface area contributed by atoms with Gasteiger partial charge in [0.25, 0.3) is 0 Å². The fourth-order valence-electron chi connectivity index (χ4n) is 4.07. The van der Waals surface area contributed by atoms with Gasteiger partial charge in [-0.3, -0.25) is 4.68 Å². The van der Waals surface area contributed by atoms with Gasteiger partial charge in [0.2, 0.25) is 0 Å². The summed E-state index contributed by atoms with van der Waals surface area (Å²) in [6.07, 6.45) is 6.05. The third kappa shape index (κ3) is 4.21. The summed E-state index contributed by atoms with van der Waals surface area (Å²) in [6, 6.07) is 8.50. The standard InChI is InChI=1S/C26H26FN7O2/c1-15(2)36-26(35)34-22(19-12-30-32(4)14-19)9-18-11-29-25(10-23(18)34)31-21-7-6-17(8-20(21)27)24-13-28-16(3)33(24)5/h6-15H,1-5H3,(H,29,31). The SMILES string of the molecule is Cc1ncc(-c2ccc(Nc3cc4c(cn3)cc(-c3cnn(C)c3)n4C(=O)OC(C)C)c(F)c2)n1C. The number of halogens is 1. The molecule has 0 aliphatic carbocycles. The predicted octanol–water partition coefficient (Wildman–Crippen LogP) is 5.42. The molecule has 1 aromatic carbocycles. The summed E-state index contributed by atoms with van der Waals surface area (Å²) in [6.45, 7) is 5.48. The second kappa shape index (κ2) is 8.95. The first-order valence-electron chi connectivity index (χ1n) is 11.5. The van der Waals surface area contributed by atoms with E-state index >= 15 is 4.39 Å². The Morgan fingerprint density at radius 2 is 1.83 bits per heavy atom. The highest BCUT2D eigenvalue weighted by atomic mass is 19.1. The van der Waals surface area contributed by atoms with Gasteiger partial charge in [-0.05, 0) is 39.0 Å². The Morgan fingerprint density at radius 3 is 2.47 bits per heavy atom. The molecule has 5 rings (SSSR count). The molecule has 4 aromatic heterocycles. The molecule has 10 heteroatoms. The summed E-state index contributed by atoms with van der Waals surface area (Å²) in [5.74, 6) is 0.800. The van der Waals surface area contributed by atoms with E-state index in [0.717, 1.165) is 28.0 Å². The maximum atomic E-state index is 15.0. The summed E-state index contributed by atoms with van der Waals surface area (Å²) in [5.41, 5.74) is 3.78. The van der Waals surface area contributed by atoms with Crippen LogP contribution in [0, 0.1) is 12.7 Å². The normalized spacial score (nSPS) is 11.4. The molecule has 0 atom stereocenters. The van der Waals surface area contributed by atoms with Gasteiger partial charge in [-0.2, -0.15) is 5.10 Å². The second-order valence-electron chi connectivity index (χ2n) is 8.90. The smallest absolute Gasteiger partial charge is 0.419 e. The maximum absolute atomic E-state index is 15.0. The topological polar surface area (TPSA) is 91.8 Å². The zero-order valence-corrected chi connectivity index (χ0v) is 20.7. The molecule has 4 heterocycles. The number of nitrogens with one attached hydrogen (secondary N) is 1. The lowest BCUT2D eigenvalue weighted by Crippen LogP contribution is -2.18. The number of imidazole rings is 1. The van der Waals surface area contributed by atoms with Crippen molar-refractivity contribution in [2.45, 2.75) is 26.9 Å². The van der Waals surface area contributed by atoms with Gasteiger partial charge in [0.15, 0.2) is 0 Å². The molecule has 36 heavy (non-hydrogen) atoms. The number of carbonyl (C=O) groups excluding carboxylic acids is 1. The monoisotopic (exact) mass is 487 g/mol. The molecule has 5 aromatic rings. The van der Waals surface area contributed by atoms with Gasteiger partial charge < -0.3 is 14.6 Å². The van der Waals surface area contributed by atoms with Gasteiger partial charge in [0.05, 0.1) is 41.1 Å². The molecular formula is C26H26FN7O2. The van der Waals surface area contributed by atoms with Crippen LogP contribution in [0.2, 0.25) is 0 Å². The highest BCUT2D eigenvalue weighted by Gasteiger charge is 2.21. The molecule has 9 nitrogen and oxygen atoms in total. The Hall–Kier alpha value is -4.47. The van der Waals surface area contributed by atoms with Gasteiger partial charge in [-0.15, -0.1) is 0 Å². The molecule has 0 aliphatic heterocycles. The zero-order valence-electron chi connectivity index (χ0n) is 20.7. The van der Waals surface area contributed by atoms with E-state index in [1.54, 1.807) is 49.3 Å². The number of hydrogen-bond donors (Lipinski definition) is 1. The molecule has 0 amide bonds. The van der Waals surface area contributed by atoms with Crippen LogP contribution in [-0.2, 0) is 18.8 Å². The molecule has 1 N–H and O–H groups in total. The molecule has 184 valence electrons. The summed E-state index contributed by atoms with van der Waals surface area (Å²) < 4.78 is 25.6. The van der Waals surface area contributed by atoms with E-state index in [4.69, 9.17) is 4.74 Å². The number of rotatable bonds is 5. The summed E-state index contributed by atoms with van der Waals surface area (Å²) in [4.78, 5) is 21.8. The summed E-state index contributed by atoms with van der Waals surface area (Å²) in [5, 5.41) is 7.99. The second-order valence-corrected chi connectivity index (χ2v) is 8.90. The van der Waals surface area contributed by atoms with Crippen molar-refractivity contribution in [3.63, 3.8) is 0 Å². The fraction of sp³-hybridized carbons (Fsp3) is 0.231. The Labute approximate surface area is 207 Å². The van der Waals surface area contributed by atoms with Crippen LogP contribution in [0.15, 0.2) is 55.1 Å². The molecule has 0 saturated carbocycles. The molecular weight excluding hydrogens is 461 g/mol. The number of benzene rings is 1. The van der Waals surface area contributed by atoms with Crippen molar-refractivity contribution in [1.82, 2.24) is 28.9 Å². The average Bonchev–Trinajstić information content (AvgIpc) is 3.51. The van der Waals surface area contributed by atoms with Gasteiger partial charge in [-0.1, -0.05) is 6.07 Å². The van der Waals surface area contributed by atoms with E-state index in [-0.39, 0.29) is 11.8 Å². The minimum atomic E-state index is -0.516. The van der Waals surface area contributed by atoms with Crippen LogP contribution in [0.1, 0.15) is 19.7 Å². The van der Waals surface area contributed by atoms with E-state index in [1.165, 1.54) is 10.6 Å². The van der Waals surface area contributed by atoms with Crippen molar-refractivity contribution < 1.29 is 13.9 Å². The third-order valence-corrected chi connectivity index (χ3v) is 5.95. The predicted molar refractivity (Wildman–Crippen MR) is 136 cm³/mol. The Morgan fingerprint density at radius 1 is 1.03 bits per heavy atom. The molecule has 0 radical (unpaired) electrons. The van der Waals surface area contributed by atoms with Crippen LogP contribution in [0.4, 0.5) is 20.7 Å². The minimum Gasteiger partial charge on any atom is -0.446 e. The lowest BCUT2D eigenvalue weighted by molar-refractivity contribution is 0.118. The number of carbonyl (C=O) groups is 1. The van der Waals surface area contributed by atoms with E-state index in [2.05, 4.69) is 20.4 Å². The average molecular weight is 488 g/mol. The van der Waals surface area contributed by atoms with Crippen LogP contribution in [0.3, 0.4) is 0 Å². The lowest BCUT2D eigenvalue weighted by Gasteiger charge is -2.13. The number of anilines is 2. The van der Waals surface area contributed by atoms with E-state index < -0.39 is 11.9 Å². The molecule has 0 aliphatic rings. The van der Waals surface area contributed by atoms with Gasteiger partial charge in [0, 0.05) is 49.1 Å².